The predicted molar refractivity (Wildman–Crippen MR) is 57.4 cm³/mol. The molecule has 0 aliphatic heterocycles. The topological polar surface area (TPSA) is 73.2 Å². The molecule has 0 spiro atoms. The Labute approximate surface area is 89.1 Å². The zero-order chi connectivity index (χ0) is 11.5. The average Bonchev–Trinajstić information content (AvgIpc) is 2.18. The van der Waals surface area contributed by atoms with Crippen LogP contribution in [0, 0.1) is 11.3 Å². The van der Waals surface area contributed by atoms with Gasteiger partial charge in [0.05, 0.1) is 11.6 Å². The van der Waals surface area contributed by atoms with Gasteiger partial charge in [0.2, 0.25) is 0 Å². The second-order valence-electron chi connectivity index (χ2n) is 3.08. The van der Waals surface area contributed by atoms with Crippen LogP contribution < -0.4 is 4.72 Å². The lowest BCUT2D eigenvalue weighted by molar-refractivity contribution is 0.527. The maximum absolute atomic E-state index is 11.4. The zero-order valence-electron chi connectivity index (χ0n) is 8.43. The summed E-state index contributed by atoms with van der Waals surface area (Å²) < 4.78 is 26.2. The summed E-state index contributed by atoms with van der Waals surface area (Å²) in [5.74, 6) is 0. The van der Waals surface area contributed by atoms with E-state index in [-0.39, 0.29) is 0 Å². The lowest BCUT2D eigenvalue weighted by Crippen LogP contribution is -2.28. The van der Waals surface area contributed by atoms with Crippen LogP contribution >= 0.6 is 0 Å². The van der Waals surface area contributed by atoms with Gasteiger partial charge in [-0.3, -0.25) is 4.72 Å². The molecular formula is C9H11N3O2S. The molecule has 1 aromatic carbocycles. The predicted octanol–water partition coefficient (Wildman–Crippen LogP) is 0.777. The van der Waals surface area contributed by atoms with Crippen LogP contribution in [0.5, 0.6) is 0 Å². The minimum Gasteiger partial charge on any atom is -0.271 e. The van der Waals surface area contributed by atoms with Crippen molar-refractivity contribution in [1.29, 1.82) is 5.26 Å². The molecule has 0 amide bonds. The number of nitrogens with one attached hydrogen (secondary N) is 1. The molecule has 1 N–H and O–H groups in total. The maximum Gasteiger partial charge on any atom is 0.301 e. The van der Waals surface area contributed by atoms with Gasteiger partial charge in [0.15, 0.2) is 0 Å². The number of nitriles is 1. The quantitative estimate of drug-likeness (QED) is 0.826. The minimum absolute atomic E-state index is 0.433. The van der Waals surface area contributed by atoms with Crippen LogP contribution in [0.15, 0.2) is 24.3 Å². The molecule has 0 saturated heterocycles. The second kappa shape index (κ2) is 4.29. The molecule has 0 aliphatic carbocycles. The Kier molecular flexibility index (Phi) is 3.29. The van der Waals surface area contributed by atoms with Gasteiger partial charge >= 0.3 is 10.2 Å². The molecule has 0 fully saturated rings. The molecule has 1 rings (SSSR count). The normalized spacial score (nSPS) is 11.1. The summed E-state index contributed by atoms with van der Waals surface area (Å²) >= 11 is 0. The molecule has 6 heteroatoms. The Morgan fingerprint density at radius 1 is 1.27 bits per heavy atom. The minimum atomic E-state index is -3.47. The van der Waals surface area contributed by atoms with Crippen LogP contribution in [-0.4, -0.2) is 26.8 Å². The standard InChI is InChI=1S/C9H11N3O2S/c1-12(2)15(13,14)11-9-5-3-8(7-10)4-6-9/h3-6,11H,1-2H3. The van der Waals surface area contributed by atoms with Gasteiger partial charge in [0.25, 0.3) is 0 Å². The molecule has 0 unspecified atom stereocenters. The first-order valence-electron chi connectivity index (χ1n) is 4.16. The van der Waals surface area contributed by atoms with E-state index in [0.29, 0.717) is 11.3 Å². The Morgan fingerprint density at radius 3 is 2.20 bits per heavy atom. The molecule has 1 aromatic rings. The fourth-order valence-corrected chi connectivity index (χ4v) is 1.47. The number of hydrogen-bond donors (Lipinski definition) is 1. The van der Waals surface area contributed by atoms with Crippen molar-refractivity contribution < 1.29 is 8.42 Å². The average molecular weight is 225 g/mol. The fraction of sp³-hybridized carbons (Fsp3) is 0.222. The third kappa shape index (κ3) is 2.94. The van der Waals surface area contributed by atoms with E-state index in [2.05, 4.69) is 4.72 Å². The van der Waals surface area contributed by atoms with Crippen molar-refractivity contribution in [3.05, 3.63) is 29.8 Å². The first-order valence-corrected chi connectivity index (χ1v) is 5.60. The Hall–Kier alpha value is -1.58. The molecule has 0 bridgehead atoms. The van der Waals surface area contributed by atoms with Crippen LogP contribution in [0.1, 0.15) is 5.56 Å². The van der Waals surface area contributed by atoms with E-state index in [1.54, 1.807) is 24.3 Å². The van der Waals surface area contributed by atoms with Crippen LogP contribution in [0.2, 0.25) is 0 Å². The summed E-state index contributed by atoms with van der Waals surface area (Å²) in [6.45, 7) is 0. The molecular weight excluding hydrogens is 214 g/mol. The van der Waals surface area contributed by atoms with Gasteiger partial charge in [0, 0.05) is 19.8 Å². The number of nitrogens with zero attached hydrogens (tertiary/aromatic N) is 2. The van der Waals surface area contributed by atoms with Crippen LogP contribution in [0.3, 0.4) is 0 Å². The number of rotatable bonds is 3. The number of hydrogen-bond acceptors (Lipinski definition) is 3. The molecule has 0 radical (unpaired) electrons. The van der Waals surface area contributed by atoms with Crippen molar-refractivity contribution in [1.82, 2.24) is 4.31 Å². The Bertz CT molecular complexity index is 471. The van der Waals surface area contributed by atoms with Crippen LogP contribution in [-0.2, 0) is 10.2 Å². The molecule has 0 atom stereocenters. The van der Waals surface area contributed by atoms with Gasteiger partial charge in [-0.05, 0) is 24.3 Å². The highest BCUT2D eigenvalue weighted by Crippen LogP contribution is 2.11. The van der Waals surface area contributed by atoms with Crippen molar-refractivity contribution in [2.24, 2.45) is 0 Å². The van der Waals surface area contributed by atoms with Crippen LogP contribution in [0.25, 0.3) is 0 Å². The summed E-state index contributed by atoms with van der Waals surface area (Å²) in [6, 6.07) is 8.13. The van der Waals surface area contributed by atoms with Gasteiger partial charge in [0.1, 0.15) is 0 Å². The second-order valence-corrected chi connectivity index (χ2v) is 4.96. The molecule has 0 saturated carbocycles. The van der Waals surface area contributed by atoms with E-state index in [9.17, 15) is 8.42 Å². The van der Waals surface area contributed by atoms with Gasteiger partial charge < -0.3 is 0 Å². The van der Waals surface area contributed by atoms with E-state index >= 15 is 0 Å². The van der Waals surface area contributed by atoms with Crippen molar-refractivity contribution in [2.75, 3.05) is 18.8 Å². The van der Waals surface area contributed by atoms with E-state index in [1.165, 1.54) is 14.1 Å². The fourth-order valence-electron chi connectivity index (χ4n) is 0.853. The monoisotopic (exact) mass is 225 g/mol. The largest absolute Gasteiger partial charge is 0.301 e. The van der Waals surface area contributed by atoms with E-state index in [0.717, 1.165) is 4.31 Å². The summed E-state index contributed by atoms with van der Waals surface area (Å²) in [7, 11) is -0.597. The van der Waals surface area contributed by atoms with Gasteiger partial charge in [-0.1, -0.05) is 0 Å². The Morgan fingerprint density at radius 2 is 1.80 bits per heavy atom. The zero-order valence-corrected chi connectivity index (χ0v) is 9.25. The highest BCUT2D eigenvalue weighted by atomic mass is 32.2. The van der Waals surface area contributed by atoms with Gasteiger partial charge in [-0.25, -0.2) is 0 Å². The number of benzene rings is 1. The van der Waals surface area contributed by atoms with E-state index < -0.39 is 10.2 Å². The molecule has 15 heavy (non-hydrogen) atoms. The number of anilines is 1. The van der Waals surface area contributed by atoms with E-state index in [1.807, 2.05) is 6.07 Å². The summed E-state index contributed by atoms with van der Waals surface area (Å²) in [4.78, 5) is 0. The Balaban J connectivity index is 2.88. The summed E-state index contributed by atoms with van der Waals surface area (Å²) in [5.41, 5.74) is 0.922. The van der Waals surface area contributed by atoms with Crippen molar-refractivity contribution in [3.8, 4) is 6.07 Å². The van der Waals surface area contributed by atoms with E-state index in [4.69, 9.17) is 5.26 Å². The molecule has 0 heterocycles. The lowest BCUT2D eigenvalue weighted by atomic mass is 10.2. The third-order valence-electron chi connectivity index (χ3n) is 1.74. The molecule has 0 aliphatic rings. The highest BCUT2D eigenvalue weighted by molar-refractivity contribution is 7.90. The van der Waals surface area contributed by atoms with Crippen molar-refractivity contribution in [2.45, 2.75) is 0 Å². The lowest BCUT2D eigenvalue weighted by Gasteiger charge is -2.12. The SMILES string of the molecule is CN(C)S(=O)(=O)Nc1ccc(C#N)cc1. The first-order chi connectivity index (χ1) is 6.95. The first kappa shape index (κ1) is 11.5. The summed E-state index contributed by atoms with van der Waals surface area (Å²) in [5, 5.41) is 8.55. The van der Waals surface area contributed by atoms with Crippen molar-refractivity contribution in [3.63, 3.8) is 0 Å². The van der Waals surface area contributed by atoms with Crippen LogP contribution in [0.4, 0.5) is 5.69 Å². The molecule has 0 aromatic heterocycles. The summed E-state index contributed by atoms with van der Waals surface area (Å²) in [6.07, 6.45) is 0. The smallest absolute Gasteiger partial charge is 0.271 e. The maximum atomic E-state index is 11.4. The highest BCUT2D eigenvalue weighted by Gasteiger charge is 2.12. The third-order valence-corrected chi connectivity index (χ3v) is 3.20. The molecule has 80 valence electrons. The van der Waals surface area contributed by atoms with Gasteiger partial charge in [-0.15, -0.1) is 0 Å². The van der Waals surface area contributed by atoms with Crippen molar-refractivity contribution >= 4 is 15.9 Å². The van der Waals surface area contributed by atoms with Gasteiger partial charge in [-0.2, -0.15) is 18.0 Å². The molecule has 5 nitrogen and oxygen atoms in total.